The van der Waals surface area contributed by atoms with Crippen molar-refractivity contribution in [1.29, 1.82) is 0 Å². The molecule has 4 heteroatoms. The molecule has 0 aromatic heterocycles. The van der Waals surface area contributed by atoms with E-state index in [0.717, 1.165) is 38.5 Å². The summed E-state index contributed by atoms with van der Waals surface area (Å²) < 4.78 is 6.23. The molecular weight excluding hydrogens is 384 g/mol. The van der Waals surface area contributed by atoms with Gasteiger partial charge in [0.2, 0.25) is 0 Å². The van der Waals surface area contributed by atoms with E-state index >= 15 is 0 Å². The summed E-state index contributed by atoms with van der Waals surface area (Å²) in [5.74, 6) is 0.425. The van der Waals surface area contributed by atoms with Gasteiger partial charge in [0, 0.05) is 6.42 Å². The molecule has 1 aromatic carbocycles. The predicted octanol–water partition coefficient (Wildman–Crippen LogP) is 7.13. The second kappa shape index (κ2) is 12.5. The van der Waals surface area contributed by atoms with Crippen LogP contribution in [0.4, 0.5) is 0 Å². The van der Waals surface area contributed by atoms with Gasteiger partial charge in [0.25, 0.3) is 0 Å². The molecule has 0 radical (unpaired) electrons. The normalized spacial score (nSPS) is 20.4. The first-order valence-electron chi connectivity index (χ1n) is 10.6. The maximum atomic E-state index is 10.6. The van der Waals surface area contributed by atoms with E-state index in [1.54, 1.807) is 0 Å². The molecule has 1 saturated carbocycles. The molecule has 1 N–H and O–H groups in total. The lowest BCUT2D eigenvalue weighted by Gasteiger charge is -2.23. The SMILES string of the molecule is C=C(Cl)/C(=C\C=C/C)OC1CCCCC(c2ccc(CCCCC(=O)O)cc2)C1. The summed E-state index contributed by atoms with van der Waals surface area (Å²) in [5.41, 5.74) is 2.63. The van der Waals surface area contributed by atoms with E-state index in [4.69, 9.17) is 21.4 Å². The molecule has 0 heterocycles. The third-order valence-corrected chi connectivity index (χ3v) is 5.62. The zero-order valence-corrected chi connectivity index (χ0v) is 18.2. The number of rotatable bonds is 10. The highest BCUT2D eigenvalue weighted by Gasteiger charge is 2.23. The summed E-state index contributed by atoms with van der Waals surface area (Å²) in [4.78, 5) is 10.6. The summed E-state index contributed by atoms with van der Waals surface area (Å²) in [6.45, 7) is 5.79. The Labute approximate surface area is 180 Å². The minimum Gasteiger partial charge on any atom is -0.489 e. The van der Waals surface area contributed by atoms with Crippen molar-refractivity contribution in [3.63, 3.8) is 0 Å². The third-order valence-electron chi connectivity index (χ3n) is 5.43. The van der Waals surface area contributed by atoms with Gasteiger partial charge in [-0.3, -0.25) is 4.79 Å². The van der Waals surface area contributed by atoms with E-state index in [-0.39, 0.29) is 12.5 Å². The minimum atomic E-state index is -0.716. The molecule has 29 heavy (non-hydrogen) atoms. The van der Waals surface area contributed by atoms with Gasteiger partial charge in [0.05, 0.1) is 11.1 Å². The number of ether oxygens (including phenoxy) is 1. The summed E-state index contributed by atoms with van der Waals surface area (Å²) >= 11 is 6.13. The maximum absolute atomic E-state index is 10.6. The standard InChI is InChI=1S/C25H33ClO3/c1-3-4-12-24(19(2)26)29-23-11-7-6-10-22(18-23)21-16-14-20(15-17-21)9-5-8-13-25(27)28/h3-4,12,14-17,22-23H,2,5-11,13,18H2,1H3,(H,27,28)/b4-3-,24-12+. The fraction of sp³-hybridized carbons (Fsp3) is 0.480. The molecule has 2 unspecified atom stereocenters. The third kappa shape index (κ3) is 8.49. The lowest BCUT2D eigenvalue weighted by Crippen LogP contribution is -2.15. The molecule has 0 spiro atoms. The number of aliphatic carboxylic acids is 1. The number of hydrogen-bond acceptors (Lipinski definition) is 2. The van der Waals surface area contributed by atoms with Crippen molar-refractivity contribution >= 4 is 17.6 Å². The first-order chi connectivity index (χ1) is 14.0. The van der Waals surface area contributed by atoms with Gasteiger partial charge in [-0.1, -0.05) is 61.0 Å². The number of carboxylic acids is 1. The van der Waals surface area contributed by atoms with Crippen LogP contribution in [0, 0.1) is 0 Å². The molecule has 0 saturated heterocycles. The molecule has 1 aromatic rings. The molecule has 1 fully saturated rings. The van der Waals surface area contributed by atoms with Crippen molar-refractivity contribution in [1.82, 2.24) is 0 Å². The second-order valence-corrected chi connectivity index (χ2v) is 8.22. The average Bonchev–Trinajstić information content (AvgIpc) is 2.94. The Morgan fingerprint density at radius 1 is 1.24 bits per heavy atom. The van der Waals surface area contributed by atoms with E-state index < -0.39 is 5.97 Å². The Hall–Kier alpha value is -2.00. The molecular formula is C25H33ClO3. The van der Waals surface area contributed by atoms with Crippen LogP contribution in [0.15, 0.2) is 59.9 Å². The summed E-state index contributed by atoms with van der Waals surface area (Å²) in [5, 5.41) is 9.17. The van der Waals surface area contributed by atoms with Gasteiger partial charge in [-0.25, -0.2) is 0 Å². The molecule has 3 nitrogen and oxygen atoms in total. The minimum absolute atomic E-state index is 0.144. The van der Waals surface area contributed by atoms with Crippen molar-refractivity contribution in [2.45, 2.75) is 76.7 Å². The van der Waals surface area contributed by atoms with Crippen LogP contribution in [-0.2, 0) is 16.0 Å². The first-order valence-corrected chi connectivity index (χ1v) is 11.0. The number of carbonyl (C=O) groups is 1. The van der Waals surface area contributed by atoms with Crippen molar-refractivity contribution in [3.05, 3.63) is 71.0 Å². The van der Waals surface area contributed by atoms with Gasteiger partial charge < -0.3 is 9.84 Å². The molecule has 1 aliphatic rings. The maximum Gasteiger partial charge on any atom is 0.303 e. The lowest BCUT2D eigenvalue weighted by molar-refractivity contribution is -0.137. The Morgan fingerprint density at radius 2 is 1.97 bits per heavy atom. The number of carboxylic acid groups (broad SMARTS) is 1. The van der Waals surface area contributed by atoms with E-state index in [1.165, 1.54) is 24.0 Å². The van der Waals surface area contributed by atoms with Crippen LogP contribution in [0.25, 0.3) is 0 Å². The number of benzene rings is 1. The van der Waals surface area contributed by atoms with E-state index in [1.807, 2.05) is 25.2 Å². The molecule has 2 atom stereocenters. The van der Waals surface area contributed by atoms with E-state index in [2.05, 4.69) is 30.8 Å². The molecule has 1 aliphatic carbocycles. The number of hydrogen-bond donors (Lipinski definition) is 1. The fourth-order valence-corrected chi connectivity index (χ4v) is 3.95. The van der Waals surface area contributed by atoms with E-state index in [0.29, 0.717) is 16.7 Å². The highest BCUT2D eigenvalue weighted by molar-refractivity contribution is 6.31. The van der Waals surface area contributed by atoms with Gasteiger partial charge in [-0.2, -0.15) is 0 Å². The summed E-state index contributed by atoms with van der Waals surface area (Å²) in [6.07, 6.45) is 14.3. The second-order valence-electron chi connectivity index (χ2n) is 7.76. The topological polar surface area (TPSA) is 46.5 Å². The molecule has 2 rings (SSSR count). The summed E-state index contributed by atoms with van der Waals surface area (Å²) in [7, 11) is 0. The summed E-state index contributed by atoms with van der Waals surface area (Å²) in [6, 6.07) is 8.84. The number of halogens is 1. The average molecular weight is 417 g/mol. The van der Waals surface area contributed by atoms with Crippen LogP contribution < -0.4 is 0 Å². The van der Waals surface area contributed by atoms with Crippen molar-refractivity contribution in [2.24, 2.45) is 0 Å². The Bertz CT molecular complexity index is 718. The number of unbranched alkanes of at least 4 members (excludes halogenated alkanes) is 1. The Kier molecular flexibility index (Phi) is 10.1. The van der Waals surface area contributed by atoms with Crippen LogP contribution in [0.2, 0.25) is 0 Å². The molecule has 158 valence electrons. The van der Waals surface area contributed by atoms with Gasteiger partial charge in [-0.15, -0.1) is 0 Å². The van der Waals surface area contributed by atoms with Crippen molar-refractivity contribution in [3.8, 4) is 0 Å². The predicted molar refractivity (Wildman–Crippen MR) is 120 cm³/mol. The van der Waals surface area contributed by atoms with Crippen LogP contribution in [0.3, 0.4) is 0 Å². The molecule has 0 bridgehead atoms. The van der Waals surface area contributed by atoms with Crippen LogP contribution in [0.5, 0.6) is 0 Å². The van der Waals surface area contributed by atoms with Crippen LogP contribution in [-0.4, -0.2) is 17.2 Å². The first kappa shape index (κ1) is 23.3. The number of aryl methyl sites for hydroxylation is 1. The van der Waals surface area contributed by atoms with Gasteiger partial charge in [0.1, 0.15) is 5.76 Å². The van der Waals surface area contributed by atoms with Gasteiger partial charge >= 0.3 is 5.97 Å². The highest BCUT2D eigenvalue weighted by atomic mass is 35.5. The Morgan fingerprint density at radius 3 is 2.62 bits per heavy atom. The largest absolute Gasteiger partial charge is 0.489 e. The Balaban J connectivity index is 1.96. The van der Waals surface area contributed by atoms with Crippen LogP contribution in [0.1, 0.15) is 75.3 Å². The van der Waals surface area contributed by atoms with E-state index in [9.17, 15) is 4.79 Å². The quantitative estimate of drug-likeness (QED) is 0.191. The van der Waals surface area contributed by atoms with Gasteiger partial charge in [-0.05, 0) is 75.0 Å². The van der Waals surface area contributed by atoms with Crippen molar-refractivity contribution in [2.75, 3.05) is 0 Å². The van der Waals surface area contributed by atoms with Gasteiger partial charge in [0.15, 0.2) is 0 Å². The molecule has 0 amide bonds. The fourth-order valence-electron chi connectivity index (χ4n) is 3.84. The zero-order chi connectivity index (χ0) is 21.1. The monoisotopic (exact) mass is 416 g/mol. The number of allylic oxidation sites excluding steroid dienone is 4. The molecule has 0 aliphatic heterocycles. The lowest BCUT2D eigenvalue weighted by atomic mass is 9.90. The zero-order valence-electron chi connectivity index (χ0n) is 17.4. The van der Waals surface area contributed by atoms with Crippen LogP contribution >= 0.6 is 11.6 Å². The smallest absolute Gasteiger partial charge is 0.303 e. The highest BCUT2D eigenvalue weighted by Crippen LogP contribution is 2.35. The van der Waals surface area contributed by atoms with Crippen molar-refractivity contribution < 1.29 is 14.6 Å².